The molecule has 7 heteroatoms. The van der Waals surface area contributed by atoms with Crippen LogP contribution >= 0.6 is 9.24 Å². The van der Waals surface area contributed by atoms with Crippen molar-refractivity contribution in [3.63, 3.8) is 0 Å². The van der Waals surface area contributed by atoms with Crippen molar-refractivity contribution >= 4 is 19.6 Å². The van der Waals surface area contributed by atoms with Crippen molar-refractivity contribution < 1.29 is 22.6 Å². The summed E-state index contributed by atoms with van der Waals surface area (Å²) in [4.78, 5) is 0. The van der Waals surface area contributed by atoms with Crippen LogP contribution in [0.3, 0.4) is 0 Å². The maximum absolute atomic E-state index is 8.52. The van der Waals surface area contributed by atoms with Crippen molar-refractivity contribution in [2.24, 2.45) is 0 Å². The summed E-state index contributed by atoms with van der Waals surface area (Å²) in [6.45, 7) is 0. The zero-order valence-electron chi connectivity index (χ0n) is 3.64. The molecule has 0 atom stereocenters. The minimum Gasteiger partial charge on any atom is -0.759 e. The fourth-order valence-electron chi connectivity index (χ4n) is 0. The fraction of sp³-hybridized carbons (Fsp3) is 1.00. The van der Waals surface area contributed by atoms with Gasteiger partial charge in [-0.15, -0.1) is 0 Å². The smallest absolute Gasteiger partial charge is 0.759 e. The van der Waals surface area contributed by atoms with Gasteiger partial charge in [-0.2, -0.15) is 0 Å². The topological polar surface area (TPSA) is 100 Å². The minimum absolute atomic E-state index is 0.0556. The lowest BCUT2D eigenvalue weighted by molar-refractivity contribution is 0.352. The van der Waals surface area contributed by atoms with Gasteiger partial charge in [0.05, 0.1) is 0 Å². The highest BCUT2D eigenvalue weighted by Gasteiger charge is 2.08. The number of rotatable bonds is 0. The summed E-state index contributed by atoms with van der Waals surface area (Å²) in [5, 5.41) is 7.43. The van der Waals surface area contributed by atoms with E-state index in [0.29, 0.717) is 0 Å². The van der Waals surface area contributed by atoms with Crippen molar-refractivity contribution in [2.45, 2.75) is 0 Å². The van der Waals surface area contributed by atoms with Gasteiger partial charge in [0.2, 0.25) is 0 Å². The Hall–Kier alpha value is 0.130. The normalized spacial score (nSPS) is 9.38. The van der Waals surface area contributed by atoms with E-state index in [1.807, 2.05) is 0 Å². The zero-order valence-corrected chi connectivity index (χ0v) is 5.35. The van der Waals surface area contributed by atoms with E-state index in [1.54, 1.807) is 0 Å². The second-order valence-corrected chi connectivity index (χ2v) is 1.65. The van der Waals surface area contributed by atoms with Crippen LogP contribution in [0.4, 0.5) is 0 Å². The molecule has 0 unspecified atom stereocenters. The van der Waals surface area contributed by atoms with Crippen molar-refractivity contribution in [2.75, 3.05) is 6.35 Å². The van der Waals surface area contributed by atoms with Crippen molar-refractivity contribution in [3.8, 4) is 0 Å². The Kier molecular flexibility index (Phi) is 7.25. The molecule has 0 aliphatic heterocycles. The van der Waals surface area contributed by atoms with Gasteiger partial charge in [0.25, 0.3) is 0 Å². The predicted molar refractivity (Wildman–Crippen MR) is 24.5 cm³/mol. The van der Waals surface area contributed by atoms with Gasteiger partial charge in [-0.05, 0) is 0 Å². The fourth-order valence-corrected chi connectivity index (χ4v) is 0. The SMILES string of the molecule is O=S(=O)([O-])[O-].OC[P+2]. The number of hydrogen-bond donors (Lipinski definition) is 1. The van der Waals surface area contributed by atoms with Crippen LogP contribution in [0.5, 0.6) is 0 Å². The number of aliphatic hydroxyl groups is 1. The molecule has 5 nitrogen and oxygen atoms in total. The molecule has 0 fully saturated rings. The molecule has 2 radical (unpaired) electrons. The lowest BCUT2D eigenvalue weighted by Gasteiger charge is -2.06. The molecule has 0 heterocycles. The van der Waals surface area contributed by atoms with E-state index in [9.17, 15) is 0 Å². The maximum atomic E-state index is 8.52. The zero-order chi connectivity index (χ0) is 7.21. The Balaban J connectivity index is 0. The monoisotopic (exact) mass is 158 g/mol. The highest BCUT2D eigenvalue weighted by atomic mass is 32.3. The van der Waals surface area contributed by atoms with Gasteiger partial charge >= 0.3 is 15.6 Å². The van der Waals surface area contributed by atoms with Gasteiger partial charge in [-0.3, -0.25) is 8.42 Å². The predicted octanol–water partition coefficient (Wildman–Crippen LogP) is -0.991. The molecule has 0 aliphatic rings. The second kappa shape index (κ2) is 5.27. The molecule has 0 spiro atoms. The summed E-state index contributed by atoms with van der Waals surface area (Å²) >= 11 is 0. The Morgan fingerprint density at radius 2 is 1.50 bits per heavy atom. The van der Waals surface area contributed by atoms with Crippen molar-refractivity contribution in [1.82, 2.24) is 0 Å². The first-order valence-electron chi connectivity index (χ1n) is 1.30. The summed E-state index contributed by atoms with van der Waals surface area (Å²) in [6, 6.07) is 0. The quantitative estimate of drug-likeness (QED) is 0.277. The molecule has 48 valence electrons. The van der Waals surface area contributed by atoms with Gasteiger partial charge in [0.1, 0.15) is 0 Å². The van der Waals surface area contributed by atoms with Gasteiger partial charge in [0, 0.05) is 10.4 Å². The molecule has 0 aromatic heterocycles. The molecule has 0 saturated heterocycles. The summed E-state index contributed by atoms with van der Waals surface area (Å²) in [5.41, 5.74) is 0. The minimum atomic E-state index is -5.17. The van der Waals surface area contributed by atoms with Gasteiger partial charge in [-0.25, -0.2) is 0 Å². The molecule has 0 aliphatic carbocycles. The first kappa shape index (κ1) is 11.0. The van der Waals surface area contributed by atoms with E-state index in [1.165, 1.54) is 0 Å². The average molecular weight is 158 g/mol. The molecule has 0 rings (SSSR count). The molecule has 8 heavy (non-hydrogen) atoms. The molecule has 1 N–H and O–H groups in total. The molecular formula is CH3O5PS. The number of hydrogen-bond acceptors (Lipinski definition) is 5. The summed E-state index contributed by atoms with van der Waals surface area (Å²) in [7, 11) is -1.82. The van der Waals surface area contributed by atoms with E-state index in [0.717, 1.165) is 0 Å². The summed E-state index contributed by atoms with van der Waals surface area (Å²) < 4.78 is 34.1. The van der Waals surface area contributed by atoms with E-state index >= 15 is 0 Å². The number of aliphatic hydroxyl groups excluding tert-OH is 1. The molecule has 0 bridgehead atoms. The Morgan fingerprint density at radius 1 is 1.50 bits per heavy atom. The van der Waals surface area contributed by atoms with E-state index in [-0.39, 0.29) is 6.35 Å². The third-order valence-electron chi connectivity index (χ3n) is 0. The van der Waals surface area contributed by atoms with Crippen LogP contribution in [0.1, 0.15) is 0 Å². The second-order valence-electron chi connectivity index (χ2n) is 0.550. The molecule has 0 saturated carbocycles. The van der Waals surface area contributed by atoms with Crippen LogP contribution in [-0.2, 0) is 10.4 Å². The van der Waals surface area contributed by atoms with Crippen molar-refractivity contribution in [3.05, 3.63) is 0 Å². The molecule has 0 aromatic carbocycles. The first-order valence-corrected chi connectivity index (χ1v) is 3.26. The Bertz CT molecular complexity index is 106. The van der Waals surface area contributed by atoms with Crippen LogP contribution in [0.2, 0.25) is 0 Å². The lowest BCUT2D eigenvalue weighted by atomic mass is 11.7. The Labute approximate surface area is 49.5 Å². The van der Waals surface area contributed by atoms with Crippen molar-refractivity contribution in [1.29, 1.82) is 0 Å². The van der Waals surface area contributed by atoms with Crippen LogP contribution in [-0.4, -0.2) is 29.0 Å². The third-order valence-corrected chi connectivity index (χ3v) is 0. The standard InChI is InChI=1S/CH3OP.H2O4S/c2-1-3;1-5(2,3)4/h2H,1H2;(H2,1,2,3,4)/q+2;/p-2. The summed E-state index contributed by atoms with van der Waals surface area (Å²) in [6.07, 6.45) is -0.0556. The highest BCUT2D eigenvalue weighted by Crippen LogP contribution is 1.63. The van der Waals surface area contributed by atoms with Gasteiger partial charge in [-0.1, -0.05) is 0 Å². The van der Waals surface area contributed by atoms with E-state index < -0.39 is 10.4 Å². The van der Waals surface area contributed by atoms with Crippen LogP contribution in [0.25, 0.3) is 0 Å². The molecule has 0 aromatic rings. The van der Waals surface area contributed by atoms with E-state index in [2.05, 4.69) is 9.24 Å². The average Bonchev–Trinajstić information content (AvgIpc) is 1.27. The lowest BCUT2D eigenvalue weighted by Crippen LogP contribution is -1.91. The van der Waals surface area contributed by atoms with Crippen LogP contribution in [0.15, 0.2) is 0 Å². The van der Waals surface area contributed by atoms with Gasteiger partial charge in [0.15, 0.2) is 0 Å². The Morgan fingerprint density at radius 3 is 1.50 bits per heavy atom. The summed E-state index contributed by atoms with van der Waals surface area (Å²) in [5.74, 6) is 0. The largest absolute Gasteiger partial charge is 1.21 e. The van der Waals surface area contributed by atoms with E-state index in [4.69, 9.17) is 22.6 Å². The van der Waals surface area contributed by atoms with Gasteiger partial charge < -0.3 is 14.2 Å². The van der Waals surface area contributed by atoms with Crippen LogP contribution in [0, 0.1) is 0 Å². The highest BCUT2D eigenvalue weighted by molar-refractivity contribution is 7.79. The first-order chi connectivity index (χ1) is 3.41. The van der Waals surface area contributed by atoms with Crippen LogP contribution < -0.4 is 0 Å². The third kappa shape index (κ3) is 9550. The molecule has 0 amide bonds. The molecular weight excluding hydrogens is 155 g/mol. The maximum Gasteiger partial charge on any atom is 1.21 e.